The van der Waals surface area contributed by atoms with E-state index in [1.165, 1.54) is 14.2 Å². The van der Waals surface area contributed by atoms with Gasteiger partial charge in [0, 0.05) is 16.1 Å². The van der Waals surface area contributed by atoms with Gasteiger partial charge in [-0.1, -0.05) is 58.4 Å². The van der Waals surface area contributed by atoms with Gasteiger partial charge in [0.2, 0.25) is 0 Å². The SMILES string of the molecule is COC(=O)[C@H]1C(=O)[C@@]2(O)c3ccc(OC)cc3O[C@@]2(c2ccc(Br)cc2)[C@@H]1c1ccccc1. The van der Waals surface area contributed by atoms with Gasteiger partial charge in [-0.05, 0) is 35.4 Å². The molecule has 33 heavy (non-hydrogen) atoms. The molecule has 1 saturated carbocycles. The summed E-state index contributed by atoms with van der Waals surface area (Å²) in [6.45, 7) is 0. The van der Waals surface area contributed by atoms with Crippen molar-refractivity contribution < 1.29 is 28.9 Å². The Morgan fingerprint density at radius 2 is 1.73 bits per heavy atom. The van der Waals surface area contributed by atoms with Crippen LogP contribution in [0.4, 0.5) is 0 Å². The average Bonchev–Trinajstić information content (AvgIpc) is 3.22. The maximum Gasteiger partial charge on any atom is 0.317 e. The first-order valence-electron chi connectivity index (χ1n) is 10.4. The molecule has 1 N–H and O–H groups in total. The summed E-state index contributed by atoms with van der Waals surface area (Å²) in [5.74, 6) is -2.62. The Morgan fingerprint density at radius 3 is 2.36 bits per heavy atom. The van der Waals surface area contributed by atoms with Crippen molar-refractivity contribution in [3.05, 3.63) is 94.0 Å². The zero-order valence-electron chi connectivity index (χ0n) is 17.9. The molecular formula is C26H21BrO6. The number of fused-ring (bicyclic) bond motifs is 3. The fourth-order valence-corrected chi connectivity index (χ4v) is 5.54. The molecule has 4 atom stereocenters. The van der Waals surface area contributed by atoms with Crippen molar-refractivity contribution >= 4 is 27.7 Å². The lowest BCUT2D eigenvalue weighted by atomic mass is 9.71. The summed E-state index contributed by atoms with van der Waals surface area (Å²) in [6.07, 6.45) is 0. The summed E-state index contributed by atoms with van der Waals surface area (Å²) < 4.78 is 17.8. The molecule has 0 amide bonds. The van der Waals surface area contributed by atoms with E-state index >= 15 is 0 Å². The van der Waals surface area contributed by atoms with Crippen molar-refractivity contribution in [2.75, 3.05) is 14.2 Å². The second kappa shape index (κ2) is 7.71. The smallest absolute Gasteiger partial charge is 0.317 e. The number of carbonyl (C=O) groups is 2. The highest BCUT2D eigenvalue weighted by atomic mass is 79.9. The molecule has 3 aromatic carbocycles. The number of aliphatic hydroxyl groups is 1. The lowest BCUT2D eigenvalue weighted by Gasteiger charge is -2.39. The molecule has 0 spiro atoms. The summed E-state index contributed by atoms with van der Waals surface area (Å²) >= 11 is 3.44. The van der Waals surface area contributed by atoms with Gasteiger partial charge in [0.15, 0.2) is 17.0 Å². The number of benzene rings is 3. The Hall–Kier alpha value is -3.16. The molecule has 3 aromatic rings. The van der Waals surface area contributed by atoms with Crippen LogP contribution in [0.25, 0.3) is 0 Å². The molecule has 0 unspecified atom stereocenters. The van der Waals surface area contributed by atoms with Crippen LogP contribution in [0, 0.1) is 5.92 Å². The fraction of sp³-hybridized carbons (Fsp3) is 0.231. The van der Waals surface area contributed by atoms with Crippen LogP contribution in [0.5, 0.6) is 11.5 Å². The Labute approximate surface area is 199 Å². The van der Waals surface area contributed by atoms with Crippen LogP contribution in [0.1, 0.15) is 22.6 Å². The quantitative estimate of drug-likeness (QED) is 0.422. The van der Waals surface area contributed by atoms with Crippen LogP contribution >= 0.6 is 15.9 Å². The summed E-state index contributed by atoms with van der Waals surface area (Å²) in [5, 5.41) is 12.3. The predicted molar refractivity (Wildman–Crippen MR) is 123 cm³/mol. The number of rotatable bonds is 4. The van der Waals surface area contributed by atoms with Crippen molar-refractivity contribution in [2.45, 2.75) is 17.1 Å². The van der Waals surface area contributed by atoms with E-state index in [2.05, 4.69) is 15.9 Å². The highest BCUT2D eigenvalue weighted by molar-refractivity contribution is 9.10. The Kier molecular flexibility index (Phi) is 5.06. The van der Waals surface area contributed by atoms with Gasteiger partial charge in [0.25, 0.3) is 0 Å². The van der Waals surface area contributed by atoms with E-state index in [1.54, 1.807) is 30.3 Å². The van der Waals surface area contributed by atoms with Crippen LogP contribution < -0.4 is 9.47 Å². The molecule has 1 aliphatic heterocycles. The molecule has 0 saturated heterocycles. The Balaban J connectivity index is 1.86. The maximum atomic E-state index is 14.0. The summed E-state index contributed by atoms with van der Waals surface area (Å²) in [5.41, 5.74) is -2.18. The summed E-state index contributed by atoms with van der Waals surface area (Å²) in [6, 6.07) is 21.3. The van der Waals surface area contributed by atoms with E-state index in [0.29, 0.717) is 28.2 Å². The van der Waals surface area contributed by atoms with Crippen LogP contribution in [0.3, 0.4) is 0 Å². The molecule has 1 aliphatic carbocycles. The highest BCUT2D eigenvalue weighted by Crippen LogP contribution is 2.67. The number of hydrogen-bond acceptors (Lipinski definition) is 6. The van der Waals surface area contributed by atoms with Gasteiger partial charge >= 0.3 is 5.97 Å². The first-order valence-corrected chi connectivity index (χ1v) is 11.2. The van der Waals surface area contributed by atoms with Gasteiger partial charge in [-0.15, -0.1) is 0 Å². The summed E-state index contributed by atoms with van der Waals surface area (Å²) in [4.78, 5) is 27.0. The van der Waals surface area contributed by atoms with Gasteiger partial charge < -0.3 is 19.3 Å². The molecule has 1 heterocycles. The molecule has 7 heteroatoms. The fourth-order valence-electron chi connectivity index (χ4n) is 5.28. The van der Waals surface area contributed by atoms with Gasteiger partial charge in [0.1, 0.15) is 17.4 Å². The van der Waals surface area contributed by atoms with Gasteiger partial charge in [-0.25, -0.2) is 0 Å². The molecule has 1 fully saturated rings. The Morgan fingerprint density at radius 1 is 1.03 bits per heavy atom. The number of ether oxygens (including phenoxy) is 3. The number of esters is 1. The minimum Gasteiger partial charge on any atom is -0.497 e. The number of halogens is 1. The third-order valence-electron chi connectivity index (χ3n) is 6.68. The van der Waals surface area contributed by atoms with E-state index in [4.69, 9.17) is 14.2 Å². The molecule has 0 bridgehead atoms. The maximum absolute atomic E-state index is 14.0. The lowest BCUT2D eigenvalue weighted by Crippen LogP contribution is -2.50. The topological polar surface area (TPSA) is 82.1 Å². The first-order chi connectivity index (χ1) is 15.9. The molecule has 5 rings (SSSR count). The second-order valence-corrected chi connectivity index (χ2v) is 9.09. The monoisotopic (exact) mass is 508 g/mol. The molecule has 6 nitrogen and oxygen atoms in total. The number of ketones is 1. The zero-order chi connectivity index (χ0) is 23.4. The van der Waals surface area contributed by atoms with Gasteiger partial charge in [0.05, 0.1) is 20.1 Å². The van der Waals surface area contributed by atoms with Crippen LogP contribution in [0.15, 0.2) is 77.3 Å². The standard InChI is InChI=1S/C26H21BrO6/c1-31-18-12-13-19-20(14-18)33-26(16-8-10-17(27)11-9-16)22(15-6-4-3-5-7-15)21(24(29)32-2)23(28)25(19,26)30/h3-14,21-22,30H,1-2H3/t21-,22-,25+,26+/m1/s1. The van der Waals surface area contributed by atoms with Crippen molar-refractivity contribution in [1.82, 2.24) is 0 Å². The van der Waals surface area contributed by atoms with Crippen molar-refractivity contribution in [3.63, 3.8) is 0 Å². The van der Waals surface area contributed by atoms with E-state index < -0.39 is 34.8 Å². The summed E-state index contributed by atoms with van der Waals surface area (Å²) in [7, 11) is 2.77. The molecule has 0 aromatic heterocycles. The molecule has 0 radical (unpaired) electrons. The van der Waals surface area contributed by atoms with E-state index in [9.17, 15) is 14.7 Å². The van der Waals surface area contributed by atoms with Crippen LogP contribution in [-0.4, -0.2) is 31.1 Å². The largest absolute Gasteiger partial charge is 0.497 e. The van der Waals surface area contributed by atoms with Gasteiger partial charge in [-0.2, -0.15) is 0 Å². The highest BCUT2D eigenvalue weighted by Gasteiger charge is 2.78. The number of methoxy groups -OCH3 is 2. The molecule has 168 valence electrons. The van der Waals surface area contributed by atoms with Crippen molar-refractivity contribution in [2.24, 2.45) is 5.92 Å². The number of Topliss-reactive ketones (excluding diaryl/α,β-unsaturated/α-hetero) is 1. The molecular weight excluding hydrogens is 488 g/mol. The van der Waals surface area contributed by atoms with Crippen molar-refractivity contribution in [3.8, 4) is 11.5 Å². The third-order valence-corrected chi connectivity index (χ3v) is 7.21. The van der Waals surface area contributed by atoms with E-state index in [0.717, 1.165) is 4.47 Å². The van der Waals surface area contributed by atoms with Crippen LogP contribution in [0.2, 0.25) is 0 Å². The van der Waals surface area contributed by atoms with Crippen LogP contribution in [-0.2, 0) is 25.5 Å². The van der Waals surface area contributed by atoms with Gasteiger partial charge in [-0.3, -0.25) is 9.59 Å². The van der Waals surface area contributed by atoms with E-state index in [-0.39, 0.29) is 0 Å². The lowest BCUT2D eigenvalue weighted by molar-refractivity contribution is -0.155. The Bertz CT molecular complexity index is 1240. The minimum atomic E-state index is -2.12. The second-order valence-electron chi connectivity index (χ2n) is 8.17. The van der Waals surface area contributed by atoms with Crippen molar-refractivity contribution in [1.29, 1.82) is 0 Å². The zero-order valence-corrected chi connectivity index (χ0v) is 19.5. The first kappa shape index (κ1) is 21.7. The predicted octanol–water partition coefficient (Wildman–Crippen LogP) is 4.09. The normalized spacial score (nSPS) is 27.5. The average molecular weight is 509 g/mol. The van der Waals surface area contributed by atoms with E-state index in [1.807, 2.05) is 42.5 Å². The number of carbonyl (C=O) groups excluding carboxylic acids is 2. The minimum absolute atomic E-state index is 0.295. The third kappa shape index (κ3) is 2.82. The number of hydrogen-bond donors (Lipinski definition) is 1. The molecule has 2 aliphatic rings.